The number of hydrogen-bond donors (Lipinski definition) is 1. The molecule has 0 aliphatic rings. The Balaban J connectivity index is 1.46. The number of nitrogens with one attached hydrogen (secondary N) is 1. The van der Waals surface area contributed by atoms with Crippen LogP contribution < -0.4 is 10.1 Å². The number of nitrogens with zero attached hydrogens (tertiary/aromatic N) is 1. The lowest BCUT2D eigenvalue weighted by atomic mass is 9.90. The van der Waals surface area contributed by atoms with Gasteiger partial charge in [0.1, 0.15) is 5.75 Å². The zero-order valence-electron chi connectivity index (χ0n) is 25.9. The number of carbonyl (C=O) groups is 1. The van der Waals surface area contributed by atoms with Crippen LogP contribution in [-0.2, 0) is 28.7 Å². The number of alkyl halides is 3. The Kier molecular flexibility index (Phi) is 13.5. The molecule has 0 fully saturated rings. The van der Waals surface area contributed by atoms with Gasteiger partial charge in [0.15, 0.2) is 0 Å². The average molecular weight is 653 g/mol. The second-order valence-corrected chi connectivity index (χ2v) is 11.5. The number of carbonyl (C=O) groups excluding carboxylic acids is 1. The van der Waals surface area contributed by atoms with Crippen molar-refractivity contribution in [2.75, 3.05) is 40.0 Å². The fourth-order valence-electron chi connectivity index (χ4n) is 5.34. The van der Waals surface area contributed by atoms with Crippen LogP contribution in [0.5, 0.6) is 5.75 Å². The van der Waals surface area contributed by atoms with Crippen LogP contribution in [0.4, 0.5) is 13.2 Å². The van der Waals surface area contributed by atoms with E-state index in [0.29, 0.717) is 50.6 Å². The first-order valence-corrected chi connectivity index (χ1v) is 15.8. The van der Waals surface area contributed by atoms with Crippen molar-refractivity contribution in [2.24, 2.45) is 0 Å². The molecular formula is C37H40ClF3N2O3. The van der Waals surface area contributed by atoms with Crippen molar-refractivity contribution in [3.8, 4) is 5.75 Å². The fourth-order valence-corrected chi connectivity index (χ4v) is 5.64. The first-order chi connectivity index (χ1) is 22.2. The number of rotatable bonds is 17. The van der Waals surface area contributed by atoms with E-state index in [9.17, 15) is 18.0 Å². The summed E-state index contributed by atoms with van der Waals surface area (Å²) in [4.78, 5) is 14.4. The van der Waals surface area contributed by atoms with Gasteiger partial charge in [-0.1, -0.05) is 96.5 Å². The minimum absolute atomic E-state index is 0.00906. The molecule has 0 aliphatic heterocycles. The molecule has 4 rings (SSSR count). The predicted octanol–water partition coefficient (Wildman–Crippen LogP) is 8.16. The third-order valence-electron chi connectivity index (χ3n) is 7.62. The van der Waals surface area contributed by atoms with Gasteiger partial charge in [-0.25, -0.2) is 0 Å². The van der Waals surface area contributed by atoms with Crippen LogP contribution in [0, 0.1) is 0 Å². The number of hydrogen-bond acceptors (Lipinski definition) is 4. The van der Waals surface area contributed by atoms with E-state index in [1.165, 1.54) is 6.07 Å². The van der Waals surface area contributed by atoms with Crippen LogP contribution in [0.1, 0.15) is 46.6 Å². The van der Waals surface area contributed by atoms with Gasteiger partial charge in [-0.3, -0.25) is 9.69 Å². The van der Waals surface area contributed by atoms with Crippen molar-refractivity contribution >= 4 is 17.5 Å². The van der Waals surface area contributed by atoms with Crippen LogP contribution in [0.3, 0.4) is 0 Å². The van der Waals surface area contributed by atoms with Gasteiger partial charge in [-0.15, -0.1) is 0 Å². The van der Waals surface area contributed by atoms with E-state index >= 15 is 0 Å². The number of halogens is 4. The van der Waals surface area contributed by atoms with Gasteiger partial charge in [0.05, 0.1) is 23.6 Å². The molecule has 4 aromatic rings. The minimum Gasteiger partial charge on any atom is -0.494 e. The molecule has 4 aromatic carbocycles. The molecule has 0 saturated heterocycles. The van der Waals surface area contributed by atoms with Crippen LogP contribution in [0.15, 0.2) is 103 Å². The van der Waals surface area contributed by atoms with Gasteiger partial charge in [-0.2, -0.15) is 13.2 Å². The molecule has 46 heavy (non-hydrogen) atoms. The fraction of sp³-hybridized carbons (Fsp3) is 0.324. The Hall–Kier alpha value is -3.85. The summed E-state index contributed by atoms with van der Waals surface area (Å²) in [5.41, 5.74) is 2.66. The predicted molar refractivity (Wildman–Crippen MR) is 176 cm³/mol. The van der Waals surface area contributed by atoms with Crippen molar-refractivity contribution in [1.29, 1.82) is 0 Å². The molecule has 5 nitrogen and oxygen atoms in total. The van der Waals surface area contributed by atoms with E-state index < -0.39 is 11.7 Å². The van der Waals surface area contributed by atoms with Gasteiger partial charge >= 0.3 is 6.18 Å². The quantitative estimate of drug-likeness (QED) is 0.117. The van der Waals surface area contributed by atoms with E-state index in [1.807, 2.05) is 60.7 Å². The molecule has 9 heteroatoms. The van der Waals surface area contributed by atoms with Crippen molar-refractivity contribution in [3.63, 3.8) is 0 Å². The van der Waals surface area contributed by atoms with Gasteiger partial charge in [0.25, 0.3) is 0 Å². The summed E-state index contributed by atoms with van der Waals surface area (Å²) >= 11 is 6.34. The van der Waals surface area contributed by atoms with Gasteiger partial charge in [0, 0.05) is 45.8 Å². The van der Waals surface area contributed by atoms with Crippen LogP contribution >= 0.6 is 11.6 Å². The molecule has 0 heterocycles. The van der Waals surface area contributed by atoms with Crippen molar-refractivity contribution in [1.82, 2.24) is 10.2 Å². The molecular weight excluding hydrogens is 613 g/mol. The van der Waals surface area contributed by atoms with E-state index in [1.54, 1.807) is 13.2 Å². The maximum atomic E-state index is 13.7. The first kappa shape index (κ1) is 35.0. The highest BCUT2D eigenvalue weighted by Gasteiger charge is 2.34. The van der Waals surface area contributed by atoms with Gasteiger partial charge < -0.3 is 14.8 Å². The van der Waals surface area contributed by atoms with Crippen molar-refractivity contribution in [2.45, 2.75) is 37.9 Å². The molecule has 0 atom stereocenters. The van der Waals surface area contributed by atoms with E-state index in [2.05, 4.69) is 34.5 Å². The van der Waals surface area contributed by atoms with Crippen LogP contribution in [0.25, 0.3) is 0 Å². The Bertz CT molecular complexity index is 1460. The number of methoxy groups -OCH3 is 1. The van der Waals surface area contributed by atoms with Crippen LogP contribution in [0.2, 0.25) is 5.02 Å². The second-order valence-electron chi connectivity index (χ2n) is 11.1. The van der Waals surface area contributed by atoms with Gasteiger partial charge in [0.2, 0.25) is 5.91 Å². The normalized spacial score (nSPS) is 11.6. The summed E-state index contributed by atoms with van der Waals surface area (Å²) in [5, 5.41) is 2.62. The maximum Gasteiger partial charge on any atom is 0.417 e. The molecule has 0 aliphatic carbocycles. The maximum absolute atomic E-state index is 13.7. The second kappa shape index (κ2) is 17.7. The van der Waals surface area contributed by atoms with E-state index in [-0.39, 0.29) is 29.8 Å². The Morgan fingerprint density at radius 2 is 1.54 bits per heavy atom. The van der Waals surface area contributed by atoms with Crippen molar-refractivity contribution < 1.29 is 27.4 Å². The largest absolute Gasteiger partial charge is 0.494 e. The highest BCUT2D eigenvalue weighted by atomic mass is 35.5. The summed E-state index contributed by atoms with van der Waals surface area (Å²) in [6.45, 7) is 2.91. The zero-order chi connectivity index (χ0) is 32.8. The molecule has 0 radical (unpaired) electrons. The molecule has 0 unspecified atom stereocenters. The Morgan fingerprint density at radius 3 is 2.20 bits per heavy atom. The smallest absolute Gasteiger partial charge is 0.417 e. The zero-order valence-corrected chi connectivity index (χ0v) is 26.7. The highest BCUT2D eigenvalue weighted by Crippen LogP contribution is 2.37. The minimum atomic E-state index is -4.54. The number of benzene rings is 4. The summed E-state index contributed by atoms with van der Waals surface area (Å²) < 4.78 is 52.1. The summed E-state index contributed by atoms with van der Waals surface area (Å²) in [5.74, 6) is 0.581. The summed E-state index contributed by atoms with van der Waals surface area (Å²) in [6.07, 6.45) is -2.92. The SMILES string of the molecule is COCCCNC(=O)Cc1cccc(OCCCN(Cc2cccc(C(F)(F)F)c2Cl)CC(c2ccccc2)c2ccccc2)c1. The molecule has 0 spiro atoms. The highest BCUT2D eigenvalue weighted by molar-refractivity contribution is 6.32. The van der Waals surface area contributed by atoms with Crippen molar-refractivity contribution in [3.05, 3.63) is 136 Å². The standard InChI is InChI=1S/C37H40ClF3N2O3/c1-45-22-10-20-42-35(44)25-28-12-8-18-32(24-28)46-23-11-21-43(26-31-17-9-19-34(36(31)38)37(39,40)41)27-33(29-13-4-2-5-14-29)30-15-6-3-7-16-30/h2-9,12-19,24,33H,10-11,20-23,25-27H2,1H3,(H,42,44). The third kappa shape index (κ3) is 10.9. The van der Waals surface area contributed by atoms with Gasteiger partial charge in [-0.05, 0) is 53.3 Å². The summed E-state index contributed by atoms with van der Waals surface area (Å²) in [6, 6.07) is 31.7. The van der Waals surface area contributed by atoms with E-state index in [0.717, 1.165) is 29.2 Å². The topological polar surface area (TPSA) is 50.8 Å². The Labute approximate surface area is 274 Å². The lowest BCUT2D eigenvalue weighted by molar-refractivity contribution is -0.137. The average Bonchev–Trinajstić information content (AvgIpc) is 3.05. The monoisotopic (exact) mass is 652 g/mol. The lowest BCUT2D eigenvalue weighted by Crippen LogP contribution is -2.31. The number of amides is 1. The lowest BCUT2D eigenvalue weighted by Gasteiger charge is -2.29. The van der Waals surface area contributed by atoms with E-state index in [4.69, 9.17) is 21.1 Å². The molecule has 0 bridgehead atoms. The number of ether oxygens (including phenoxy) is 2. The molecule has 0 aromatic heterocycles. The third-order valence-corrected chi connectivity index (χ3v) is 8.07. The Morgan fingerprint density at radius 1 is 0.870 bits per heavy atom. The first-order valence-electron chi connectivity index (χ1n) is 15.4. The summed E-state index contributed by atoms with van der Waals surface area (Å²) in [7, 11) is 1.63. The van der Waals surface area contributed by atoms with Crippen LogP contribution in [-0.4, -0.2) is 50.8 Å². The molecule has 244 valence electrons. The molecule has 1 N–H and O–H groups in total. The molecule has 0 saturated carbocycles. The molecule has 1 amide bonds.